The minimum absolute atomic E-state index is 0.0488. The zero-order valence-electron chi connectivity index (χ0n) is 7.91. The van der Waals surface area contributed by atoms with Crippen molar-refractivity contribution in [3.63, 3.8) is 0 Å². The van der Waals surface area contributed by atoms with Gasteiger partial charge in [0.05, 0.1) is 4.47 Å². The van der Waals surface area contributed by atoms with Gasteiger partial charge in [-0.25, -0.2) is 17.9 Å². The van der Waals surface area contributed by atoms with Crippen LogP contribution in [0, 0.1) is 18.2 Å². The average Bonchev–Trinajstić information content (AvgIpc) is 2.17. The molecular weight excluding hydrogens is 301 g/mol. The standard InChI is InChI=1S/C9H7BrFNO3S/c1-2-3-15-8-5-7(11)9(4-6(8)10)16(12,13)14/h1,4-5H,3H2,(H2,12,13,14). The lowest BCUT2D eigenvalue weighted by molar-refractivity contribution is 0.364. The van der Waals surface area contributed by atoms with Crippen molar-refractivity contribution in [2.75, 3.05) is 6.61 Å². The van der Waals surface area contributed by atoms with E-state index < -0.39 is 20.7 Å². The number of halogens is 2. The fourth-order valence-corrected chi connectivity index (χ4v) is 2.18. The molecule has 4 nitrogen and oxygen atoms in total. The Labute approximate surface area is 101 Å². The molecule has 2 N–H and O–H groups in total. The van der Waals surface area contributed by atoms with Gasteiger partial charge in [0.1, 0.15) is 23.1 Å². The molecule has 7 heteroatoms. The Morgan fingerprint density at radius 1 is 1.56 bits per heavy atom. The third-order valence-electron chi connectivity index (χ3n) is 1.60. The molecule has 0 aliphatic heterocycles. The largest absolute Gasteiger partial charge is 0.480 e. The van der Waals surface area contributed by atoms with E-state index in [9.17, 15) is 12.8 Å². The van der Waals surface area contributed by atoms with Gasteiger partial charge in [-0.2, -0.15) is 0 Å². The molecule has 1 aromatic carbocycles. The first kappa shape index (κ1) is 13.0. The SMILES string of the molecule is C#CCOc1cc(F)c(S(N)(=O)=O)cc1Br. The van der Waals surface area contributed by atoms with Crippen LogP contribution >= 0.6 is 15.9 Å². The summed E-state index contributed by atoms with van der Waals surface area (Å²) in [5.74, 6) is 1.32. The van der Waals surface area contributed by atoms with Gasteiger partial charge in [-0.3, -0.25) is 0 Å². The number of sulfonamides is 1. The van der Waals surface area contributed by atoms with Crippen LogP contribution in [0.15, 0.2) is 21.5 Å². The van der Waals surface area contributed by atoms with Crippen LogP contribution in [0.4, 0.5) is 4.39 Å². The molecule has 0 radical (unpaired) electrons. The van der Waals surface area contributed by atoms with Crippen LogP contribution in [-0.2, 0) is 10.0 Å². The number of benzene rings is 1. The van der Waals surface area contributed by atoms with Gasteiger partial charge in [-0.15, -0.1) is 6.42 Å². The number of nitrogens with two attached hydrogens (primary N) is 1. The molecule has 0 heterocycles. The van der Waals surface area contributed by atoms with E-state index in [2.05, 4.69) is 21.9 Å². The summed E-state index contributed by atoms with van der Waals surface area (Å²) in [6, 6.07) is 1.93. The monoisotopic (exact) mass is 307 g/mol. The number of rotatable bonds is 3. The van der Waals surface area contributed by atoms with E-state index >= 15 is 0 Å². The molecule has 0 aliphatic carbocycles. The summed E-state index contributed by atoms with van der Waals surface area (Å²) in [6.45, 7) is -0.0488. The molecule has 0 unspecified atom stereocenters. The number of terminal acetylenes is 1. The third-order valence-corrected chi connectivity index (χ3v) is 3.15. The van der Waals surface area contributed by atoms with E-state index in [1.54, 1.807) is 0 Å². The van der Waals surface area contributed by atoms with Crippen molar-refractivity contribution in [3.05, 3.63) is 22.4 Å². The maximum Gasteiger partial charge on any atom is 0.241 e. The molecule has 0 amide bonds. The van der Waals surface area contributed by atoms with E-state index in [-0.39, 0.29) is 16.8 Å². The molecule has 1 aromatic rings. The van der Waals surface area contributed by atoms with Gasteiger partial charge >= 0.3 is 0 Å². The summed E-state index contributed by atoms with van der Waals surface area (Å²) in [7, 11) is -4.09. The van der Waals surface area contributed by atoms with Crippen LogP contribution in [0.1, 0.15) is 0 Å². The summed E-state index contributed by atoms with van der Waals surface area (Å²) in [5, 5.41) is 4.81. The van der Waals surface area contributed by atoms with Gasteiger partial charge in [0.15, 0.2) is 0 Å². The quantitative estimate of drug-likeness (QED) is 0.854. The zero-order chi connectivity index (χ0) is 12.3. The van der Waals surface area contributed by atoms with Crippen LogP contribution < -0.4 is 9.88 Å². The van der Waals surface area contributed by atoms with Crippen molar-refractivity contribution in [1.29, 1.82) is 0 Å². The highest BCUT2D eigenvalue weighted by molar-refractivity contribution is 9.10. The number of hydrogen-bond donors (Lipinski definition) is 1. The number of primary sulfonamides is 1. The first-order chi connectivity index (χ1) is 7.36. The summed E-state index contributed by atoms with van der Waals surface area (Å²) in [5.41, 5.74) is 0. The second-order valence-corrected chi connectivity index (χ2v) is 5.14. The maximum absolute atomic E-state index is 13.3. The fourth-order valence-electron chi connectivity index (χ4n) is 0.958. The molecule has 0 spiro atoms. The second kappa shape index (κ2) is 4.82. The Morgan fingerprint density at radius 2 is 2.19 bits per heavy atom. The van der Waals surface area contributed by atoms with E-state index in [4.69, 9.17) is 16.3 Å². The van der Waals surface area contributed by atoms with Gasteiger partial charge in [0, 0.05) is 6.07 Å². The predicted octanol–water partition coefficient (Wildman–Crippen LogP) is 1.25. The number of ether oxygens (including phenoxy) is 1. The van der Waals surface area contributed by atoms with Gasteiger partial charge in [0.2, 0.25) is 10.0 Å². The highest BCUT2D eigenvalue weighted by Crippen LogP contribution is 2.29. The van der Waals surface area contributed by atoms with Gasteiger partial charge in [-0.05, 0) is 22.0 Å². The summed E-state index contributed by atoms with van der Waals surface area (Å²) >= 11 is 3.02. The smallest absolute Gasteiger partial charge is 0.241 e. The van der Waals surface area contributed by atoms with Crippen molar-refractivity contribution in [3.8, 4) is 18.1 Å². The highest BCUT2D eigenvalue weighted by Gasteiger charge is 2.17. The van der Waals surface area contributed by atoms with Gasteiger partial charge in [-0.1, -0.05) is 5.92 Å². The lowest BCUT2D eigenvalue weighted by Crippen LogP contribution is -2.14. The Hall–Kier alpha value is -1.10. The van der Waals surface area contributed by atoms with E-state index in [0.29, 0.717) is 0 Å². The normalized spacial score (nSPS) is 10.9. The third kappa shape index (κ3) is 2.95. The molecular formula is C9H7BrFNO3S. The lowest BCUT2D eigenvalue weighted by atomic mass is 10.3. The van der Waals surface area contributed by atoms with Gasteiger partial charge < -0.3 is 4.74 Å². The van der Waals surface area contributed by atoms with Crippen LogP contribution in [0.3, 0.4) is 0 Å². The molecule has 0 saturated carbocycles. The molecule has 0 saturated heterocycles. The van der Waals surface area contributed by atoms with Crippen molar-refractivity contribution in [2.45, 2.75) is 4.90 Å². The van der Waals surface area contributed by atoms with Crippen molar-refractivity contribution >= 4 is 26.0 Å². The van der Waals surface area contributed by atoms with Crippen LogP contribution in [0.2, 0.25) is 0 Å². The average molecular weight is 308 g/mol. The van der Waals surface area contributed by atoms with E-state index in [1.165, 1.54) is 0 Å². The van der Waals surface area contributed by atoms with Crippen molar-refractivity contribution in [2.24, 2.45) is 5.14 Å². The van der Waals surface area contributed by atoms with Crippen molar-refractivity contribution in [1.82, 2.24) is 0 Å². The Bertz CT molecular complexity index is 551. The lowest BCUT2D eigenvalue weighted by Gasteiger charge is -2.07. The van der Waals surface area contributed by atoms with Gasteiger partial charge in [0.25, 0.3) is 0 Å². The fraction of sp³-hybridized carbons (Fsp3) is 0.111. The Balaban J connectivity index is 3.23. The Kier molecular flexibility index (Phi) is 3.91. The van der Waals surface area contributed by atoms with Crippen LogP contribution in [0.5, 0.6) is 5.75 Å². The molecule has 0 fully saturated rings. The van der Waals surface area contributed by atoms with Crippen LogP contribution in [-0.4, -0.2) is 15.0 Å². The molecule has 0 bridgehead atoms. The summed E-state index contributed by atoms with van der Waals surface area (Å²) < 4.78 is 40.5. The van der Waals surface area contributed by atoms with Crippen molar-refractivity contribution < 1.29 is 17.5 Å². The topological polar surface area (TPSA) is 69.4 Å². The summed E-state index contributed by atoms with van der Waals surface area (Å²) in [6.07, 6.45) is 4.96. The predicted molar refractivity (Wildman–Crippen MR) is 59.8 cm³/mol. The Morgan fingerprint density at radius 3 is 2.69 bits per heavy atom. The van der Waals surface area contributed by atoms with E-state index in [1.807, 2.05) is 0 Å². The van der Waals surface area contributed by atoms with E-state index in [0.717, 1.165) is 12.1 Å². The molecule has 86 valence electrons. The summed E-state index contributed by atoms with van der Waals surface area (Å²) in [4.78, 5) is -0.604. The second-order valence-electron chi connectivity index (χ2n) is 2.75. The molecule has 0 aromatic heterocycles. The molecule has 16 heavy (non-hydrogen) atoms. The first-order valence-electron chi connectivity index (χ1n) is 3.94. The molecule has 0 aliphatic rings. The molecule has 0 atom stereocenters. The minimum Gasteiger partial charge on any atom is -0.480 e. The van der Waals surface area contributed by atoms with Crippen LogP contribution in [0.25, 0.3) is 0 Å². The number of hydrogen-bond acceptors (Lipinski definition) is 3. The highest BCUT2D eigenvalue weighted by atomic mass is 79.9. The zero-order valence-corrected chi connectivity index (χ0v) is 10.3. The minimum atomic E-state index is -4.09. The maximum atomic E-state index is 13.3. The molecule has 1 rings (SSSR count). The first-order valence-corrected chi connectivity index (χ1v) is 6.28.